The van der Waals surface area contributed by atoms with Gasteiger partial charge in [-0.2, -0.15) is 5.10 Å². The first kappa shape index (κ1) is 23.8. The highest BCUT2D eigenvalue weighted by molar-refractivity contribution is 9.10. The molecule has 0 saturated carbocycles. The molecule has 0 spiro atoms. The molecule has 3 N–H and O–H groups in total. The second kappa shape index (κ2) is 11.2. The Morgan fingerprint density at radius 1 is 1.18 bits per heavy atom. The monoisotopic (exact) mass is 513 g/mol. The van der Waals surface area contributed by atoms with Crippen molar-refractivity contribution in [3.63, 3.8) is 0 Å². The summed E-state index contributed by atoms with van der Waals surface area (Å²) in [5.41, 5.74) is 5.03. The Kier molecular flexibility index (Phi) is 8.08. The third-order valence-electron chi connectivity index (χ3n) is 5.89. The van der Waals surface area contributed by atoms with Crippen molar-refractivity contribution in [2.75, 3.05) is 38.7 Å². The first-order valence-electron chi connectivity index (χ1n) is 11.4. The van der Waals surface area contributed by atoms with Gasteiger partial charge in [-0.15, -0.1) is 0 Å². The van der Waals surface area contributed by atoms with E-state index in [1.54, 1.807) is 6.20 Å². The maximum absolute atomic E-state index is 5.53. The molecule has 1 fully saturated rings. The first-order valence-corrected chi connectivity index (χ1v) is 12.2. The highest BCUT2D eigenvalue weighted by atomic mass is 79.9. The number of halogens is 1. The Morgan fingerprint density at radius 2 is 2.00 bits per heavy atom. The van der Waals surface area contributed by atoms with E-state index in [1.807, 2.05) is 18.8 Å². The highest BCUT2D eigenvalue weighted by Gasteiger charge is 2.21. The van der Waals surface area contributed by atoms with Crippen LogP contribution in [0.4, 0.5) is 5.82 Å². The number of nitrogens with one attached hydrogen (secondary N) is 3. The summed E-state index contributed by atoms with van der Waals surface area (Å²) in [5, 5.41) is 14.7. The molecule has 33 heavy (non-hydrogen) atoms. The fourth-order valence-electron chi connectivity index (χ4n) is 4.00. The smallest absolute Gasteiger partial charge is 0.162 e. The van der Waals surface area contributed by atoms with Gasteiger partial charge in [-0.3, -0.25) is 4.68 Å². The van der Waals surface area contributed by atoms with Crippen LogP contribution in [0, 0.1) is 6.92 Å². The summed E-state index contributed by atoms with van der Waals surface area (Å²) in [6.45, 7) is 6.27. The molecule has 0 bridgehead atoms. The third kappa shape index (κ3) is 5.78. The zero-order valence-corrected chi connectivity index (χ0v) is 21.1. The van der Waals surface area contributed by atoms with Crippen LogP contribution < -0.4 is 16.0 Å². The van der Waals surface area contributed by atoms with Gasteiger partial charge in [-0.05, 0) is 54.4 Å². The molecule has 176 valence electrons. The molecule has 3 heterocycles. The number of nitrogens with zero attached hydrogens (tertiary/aromatic N) is 4. The predicted molar refractivity (Wildman–Crippen MR) is 135 cm³/mol. The number of benzene rings is 1. The van der Waals surface area contributed by atoms with Crippen LogP contribution in [-0.2, 0) is 18.3 Å². The van der Waals surface area contributed by atoms with Gasteiger partial charge in [0, 0.05) is 57.1 Å². The van der Waals surface area contributed by atoms with E-state index < -0.39 is 0 Å². The lowest BCUT2D eigenvalue weighted by molar-refractivity contribution is 0.0904. The van der Waals surface area contributed by atoms with E-state index in [0.29, 0.717) is 11.9 Å². The van der Waals surface area contributed by atoms with E-state index in [0.717, 1.165) is 78.5 Å². The molecular formula is C24H32BrN7O. The zero-order valence-electron chi connectivity index (χ0n) is 19.5. The van der Waals surface area contributed by atoms with Gasteiger partial charge in [-0.1, -0.05) is 18.2 Å². The van der Waals surface area contributed by atoms with Gasteiger partial charge in [0.1, 0.15) is 11.5 Å². The lowest BCUT2D eigenvalue weighted by Gasteiger charge is -2.25. The Hall–Kier alpha value is -2.33. The Bertz CT molecular complexity index is 1060. The average molecular weight is 514 g/mol. The van der Waals surface area contributed by atoms with Crippen LogP contribution in [0.5, 0.6) is 0 Å². The van der Waals surface area contributed by atoms with Crippen molar-refractivity contribution in [2.45, 2.75) is 32.4 Å². The van der Waals surface area contributed by atoms with E-state index >= 15 is 0 Å². The molecule has 0 aliphatic carbocycles. The summed E-state index contributed by atoms with van der Waals surface area (Å²) in [6, 6.07) is 8.77. The minimum atomic E-state index is 0.339. The van der Waals surface area contributed by atoms with Crippen LogP contribution in [0.15, 0.2) is 34.9 Å². The van der Waals surface area contributed by atoms with Crippen molar-refractivity contribution in [3.05, 3.63) is 46.1 Å². The highest BCUT2D eigenvalue weighted by Crippen LogP contribution is 2.33. The number of ether oxygens (including phenoxy) is 1. The Morgan fingerprint density at radius 3 is 2.73 bits per heavy atom. The van der Waals surface area contributed by atoms with E-state index in [2.05, 4.69) is 68.2 Å². The number of rotatable bonds is 9. The number of anilines is 1. The van der Waals surface area contributed by atoms with Gasteiger partial charge in [0.05, 0.1) is 16.4 Å². The molecule has 1 aliphatic heterocycles. The summed E-state index contributed by atoms with van der Waals surface area (Å²) in [4.78, 5) is 9.99. The van der Waals surface area contributed by atoms with Gasteiger partial charge in [0.25, 0.3) is 0 Å². The molecule has 8 nitrogen and oxygen atoms in total. The number of hydrogen-bond acceptors (Lipinski definition) is 7. The van der Waals surface area contributed by atoms with E-state index in [1.165, 1.54) is 5.56 Å². The predicted octanol–water partition coefficient (Wildman–Crippen LogP) is 3.51. The molecule has 1 aliphatic rings. The summed E-state index contributed by atoms with van der Waals surface area (Å²) in [7, 11) is 3.89. The molecular weight excluding hydrogens is 482 g/mol. The van der Waals surface area contributed by atoms with Gasteiger partial charge in [0.2, 0.25) is 0 Å². The molecule has 2 aromatic heterocycles. The summed E-state index contributed by atoms with van der Waals surface area (Å²) in [5.74, 6) is 1.57. The van der Waals surface area contributed by atoms with E-state index in [4.69, 9.17) is 14.7 Å². The van der Waals surface area contributed by atoms with Gasteiger partial charge < -0.3 is 20.7 Å². The Labute approximate surface area is 203 Å². The van der Waals surface area contributed by atoms with Crippen molar-refractivity contribution < 1.29 is 4.74 Å². The molecule has 0 atom stereocenters. The number of hydrogen-bond donors (Lipinski definition) is 3. The molecule has 3 aromatic rings. The van der Waals surface area contributed by atoms with Crippen molar-refractivity contribution in [3.8, 4) is 22.8 Å². The van der Waals surface area contributed by atoms with Crippen molar-refractivity contribution in [1.82, 2.24) is 30.4 Å². The molecule has 0 amide bonds. The summed E-state index contributed by atoms with van der Waals surface area (Å²) in [6.07, 6.45) is 3.74. The quantitative estimate of drug-likeness (QED) is 0.377. The topological polar surface area (TPSA) is 88.9 Å². The second-order valence-electron chi connectivity index (χ2n) is 8.35. The van der Waals surface area contributed by atoms with Crippen LogP contribution in [0.2, 0.25) is 0 Å². The summed E-state index contributed by atoms with van der Waals surface area (Å²) >= 11 is 3.65. The molecule has 0 radical (unpaired) electrons. The molecule has 4 rings (SSSR count). The maximum Gasteiger partial charge on any atom is 0.162 e. The number of aromatic nitrogens is 4. The standard InChI is InChI=1S/C24H32BrN7O/c1-16-21(22-20(25)15-28-32(22)3)30-24(31-23(16)29-19-7-11-33-12-8-19)18-6-4-5-17(13-18)14-27-10-9-26-2/h4-6,13,15,19,26-27H,7-12,14H2,1-3H3,(H,29,30,31). The Balaban J connectivity index is 1.71. The molecule has 1 saturated heterocycles. The van der Waals surface area contributed by atoms with Crippen LogP contribution in [0.3, 0.4) is 0 Å². The molecule has 0 unspecified atom stereocenters. The van der Waals surface area contributed by atoms with E-state index in [9.17, 15) is 0 Å². The van der Waals surface area contributed by atoms with Gasteiger partial charge in [-0.25, -0.2) is 9.97 Å². The van der Waals surface area contributed by atoms with Crippen LogP contribution in [0.25, 0.3) is 22.8 Å². The lowest BCUT2D eigenvalue weighted by atomic mass is 10.1. The average Bonchev–Trinajstić information content (AvgIpc) is 3.17. The van der Waals surface area contributed by atoms with Crippen molar-refractivity contribution in [1.29, 1.82) is 0 Å². The largest absolute Gasteiger partial charge is 0.381 e. The number of likely N-dealkylation sites (N-methyl/N-ethyl adjacent to an activating group) is 1. The fraction of sp³-hybridized carbons (Fsp3) is 0.458. The van der Waals surface area contributed by atoms with Crippen molar-refractivity contribution in [2.24, 2.45) is 7.05 Å². The summed E-state index contributed by atoms with van der Waals surface area (Å²) < 4.78 is 8.30. The van der Waals surface area contributed by atoms with E-state index in [-0.39, 0.29) is 0 Å². The minimum Gasteiger partial charge on any atom is -0.381 e. The van der Waals surface area contributed by atoms with Crippen LogP contribution >= 0.6 is 15.9 Å². The normalized spacial score (nSPS) is 14.5. The molecule has 1 aromatic carbocycles. The second-order valence-corrected chi connectivity index (χ2v) is 9.20. The minimum absolute atomic E-state index is 0.339. The molecule has 9 heteroatoms. The third-order valence-corrected chi connectivity index (χ3v) is 6.47. The van der Waals surface area contributed by atoms with Gasteiger partial charge in [0.15, 0.2) is 5.82 Å². The number of aryl methyl sites for hydroxylation is 1. The first-order chi connectivity index (χ1) is 16.1. The zero-order chi connectivity index (χ0) is 23.2. The lowest BCUT2D eigenvalue weighted by Crippen LogP contribution is -2.28. The van der Waals surface area contributed by atoms with Crippen LogP contribution in [-0.4, -0.2) is 59.1 Å². The van der Waals surface area contributed by atoms with Crippen LogP contribution in [0.1, 0.15) is 24.0 Å². The SMILES string of the molecule is CNCCNCc1cccc(-c2nc(NC3CCOCC3)c(C)c(-c3c(Br)cnn3C)n2)c1. The van der Waals surface area contributed by atoms with Gasteiger partial charge >= 0.3 is 0 Å². The fourth-order valence-corrected chi connectivity index (χ4v) is 4.53. The van der Waals surface area contributed by atoms with Crippen molar-refractivity contribution >= 4 is 21.7 Å². The maximum atomic E-state index is 5.53.